The first-order chi connectivity index (χ1) is 10.7. The number of hydrogen-bond acceptors (Lipinski definition) is 0. The molecule has 0 spiro atoms. The Bertz CT molecular complexity index is 474. The van der Waals surface area contributed by atoms with E-state index in [1.54, 1.807) is 5.30 Å². The van der Waals surface area contributed by atoms with Crippen molar-refractivity contribution in [3.63, 3.8) is 0 Å². The summed E-state index contributed by atoms with van der Waals surface area (Å²) in [5, 5.41) is 1.65. The Morgan fingerprint density at radius 1 is 1.09 bits per heavy atom. The Morgan fingerprint density at radius 3 is 2.09 bits per heavy atom. The molecule has 0 bridgehead atoms. The monoisotopic (exact) mass is 429 g/mol. The zero-order valence-electron chi connectivity index (χ0n) is 13.6. The van der Waals surface area contributed by atoms with Crippen molar-refractivity contribution in [2.45, 2.75) is 79.6 Å². The third kappa shape index (κ3) is 3.09. The van der Waals surface area contributed by atoms with E-state index in [4.69, 9.17) is 11.6 Å². The van der Waals surface area contributed by atoms with E-state index in [-0.39, 0.29) is 3.59 Å². The van der Waals surface area contributed by atoms with Gasteiger partial charge in [0.2, 0.25) is 0 Å². The summed E-state index contributed by atoms with van der Waals surface area (Å²) < 4.78 is 0.216. The zero-order valence-corrected chi connectivity index (χ0v) is 16.9. The van der Waals surface area contributed by atoms with Gasteiger partial charge in [-0.2, -0.15) is 0 Å². The first-order valence-corrected chi connectivity index (χ1v) is 12.6. The molecule has 3 heteroatoms. The molecule has 1 atom stereocenters. The van der Waals surface area contributed by atoms with Crippen LogP contribution in [0.1, 0.15) is 63.9 Å². The molecule has 0 aromatic heterocycles. The van der Waals surface area contributed by atoms with Gasteiger partial charge in [0.25, 0.3) is 0 Å². The normalized spacial score (nSPS) is 23.1. The second-order valence-corrected chi connectivity index (χ2v) is 14.9. The molecule has 22 heavy (non-hydrogen) atoms. The first-order valence-electron chi connectivity index (χ1n) is 9.03. The number of alkyl halides is 1. The second kappa shape index (κ2) is 7.66. The van der Waals surface area contributed by atoms with E-state index >= 15 is 0 Å². The van der Waals surface area contributed by atoms with Crippen molar-refractivity contribution >= 4 is 24.2 Å². The van der Waals surface area contributed by atoms with Crippen LogP contribution in [0.3, 0.4) is 0 Å². The summed E-state index contributed by atoms with van der Waals surface area (Å²) in [4.78, 5) is 0. The van der Waals surface area contributed by atoms with Crippen molar-refractivity contribution in [2.75, 3.05) is 0 Å². The number of halogens is 1. The molecule has 2 saturated carbocycles. The molecule has 3 rings (SSSR count). The van der Waals surface area contributed by atoms with Crippen LogP contribution in [0.15, 0.2) is 24.3 Å². The molecule has 0 aliphatic heterocycles. The fourth-order valence-electron chi connectivity index (χ4n) is 5.12. The van der Waals surface area contributed by atoms with E-state index < -0.39 is 7.26 Å². The molecule has 0 amide bonds. The predicted molar refractivity (Wildman–Crippen MR) is 97.9 cm³/mol. The average Bonchev–Trinajstić information content (AvgIpc) is 3.22. The van der Waals surface area contributed by atoms with Crippen LogP contribution in [-0.4, -0.2) is 14.9 Å². The first kappa shape index (κ1) is 17.4. The van der Waals surface area contributed by atoms with Crippen molar-refractivity contribution < 1.29 is 19.2 Å². The van der Waals surface area contributed by atoms with E-state index in [0.717, 1.165) is 17.7 Å². The maximum atomic E-state index is 6.99. The quantitative estimate of drug-likeness (QED) is 0.325. The fraction of sp³-hybridized carbons (Fsp3) is 0.684. The molecule has 1 aromatic carbocycles. The molecule has 0 nitrogen and oxygen atoms in total. The number of aryl methyl sites for hydroxylation is 1. The SMILES string of the molecule is CCc1cccc([PH]([CH](Cl)[Pd])(C2CCCC2)C2CCCC2)c1. The minimum absolute atomic E-state index is 0.216. The molecule has 127 valence electrons. The van der Waals surface area contributed by atoms with Crippen LogP contribution in [0.5, 0.6) is 0 Å². The Kier molecular flexibility index (Phi) is 6.07. The molecule has 0 radical (unpaired) electrons. The van der Waals surface area contributed by atoms with Crippen molar-refractivity contribution in [2.24, 2.45) is 0 Å². The van der Waals surface area contributed by atoms with Crippen molar-refractivity contribution in [1.29, 1.82) is 0 Å². The zero-order chi connectivity index (χ0) is 15.6. The predicted octanol–water partition coefficient (Wildman–Crippen LogP) is 5.58. The van der Waals surface area contributed by atoms with Crippen LogP contribution in [0.25, 0.3) is 0 Å². The van der Waals surface area contributed by atoms with E-state index in [1.807, 2.05) is 0 Å². The van der Waals surface area contributed by atoms with Crippen LogP contribution in [0, 0.1) is 0 Å². The third-order valence-electron chi connectivity index (χ3n) is 6.23. The summed E-state index contributed by atoms with van der Waals surface area (Å²) in [6.45, 7) is 2.27. The van der Waals surface area contributed by atoms with Gasteiger partial charge in [-0.15, -0.1) is 0 Å². The molecular formula is C19H29ClPPd. The molecule has 0 heterocycles. The Labute approximate surface area is 152 Å². The van der Waals surface area contributed by atoms with Gasteiger partial charge in [0.05, 0.1) is 0 Å². The molecular weight excluding hydrogens is 401 g/mol. The van der Waals surface area contributed by atoms with Crippen LogP contribution < -0.4 is 5.30 Å². The van der Waals surface area contributed by atoms with Gasteiger partial charge in [-0.05, 0) is 0 Å². The molecule has 1 unspecified atom stereocenters. The van der Waals surface area contributed by atoms with Gasteiger partial charge < -0.3 is 0 Å². The Balaban J connectivity index is 2.10. The minimum atomic E-state index is -1.73. The van der Waals surface area contributed by atoms with Gasteiger partial charge in [-0.3, -0.25) is 0 Å². The third-order valence-corrected chi connectivity index (χ3v) is 15.4. The number of rotatable bonds is 5. The number of hydrogen-bond donors (Lipinski definition) is 0. The maximum absolute atomic E-state index is 6.99. The molecule has 2 aliphatic carbocycles. The molecule has 2 aliphatic rings. The fourth-order valence-corrected chi connectivity index (χ4v) is 15.6. The molecule has 0 saturated heterocycles. The average molecular weight is 430 g/mol. The topological polar surface area (TPSA) is 0 Å². The summed E-state index contributed by atoms with van der Waals surface area (Å²) in [5.74, 6) is 0. The van der Waals surface area contributed by atoms with Crippen LogP contribution >= 0.6 is 18.9 Å². The van der Waals surface area contributed by atoms with Crippen LogP contribution in [0.4, 0.5) is 0 Å². The van der Waals surface area contributed by atoms with Gasteiger partial charge in [0, 0.05) is 0 Å². The van der Waals surface area contributed by atoms with Gasteiger partial charge >= 0.3 is 153 Å². The second-order valence-electron chi connectivity index (χ2n) is 7.22. The van der Waals surface area contributed by atoms with E-state index in [0.29, 0.717) is 0 Å². The van der Waals surface area contributed by atoms with Gasteiger partial charge in [0.1, 0.15) is 0 Å². The van der Waals surface area contributed by atoms with Gasteiger partial charge in [0.15, 0.2) is 0 Å². The summed E-state index contributed by atoms with van der Waals surface area (Å²) in [7, 11) is -1.73. The summed E-state index contributed by atoms with van der Waals surface area (Å²) in [6, 6.07) is 9.51. The molecule has 0 N–H and O–H groups in total. The summed E-state index contributed by atoms with van der Waals surface area (Å²) >= 11 is 10.6. The Morgan fingerprint density at radius 2 is 1.64 bits per heavy atom. The van der Waals surface area contributed by atoms with Crippen molar-refractivity contribution in [1.82, 2.24) is 0 Å². The number of benzene rings is 1. The standard InChI is InChI=1S/C19H29ClP.Pd/c1-2-16-8-7-13-19(14-16)21(15-20,17-9-3-4-10-17)18-11-5-6-12-18;/h7-8,13-15,17-18,21H,2-6,9-12H2,1H3;. The Hall–Kier alpha value is 0.602. The summed E-state index contributed by atoms with van der Waals surface area (Å²) in [6.07, 6.45) is 12.5. The van der Waals surface area contributed by atoms with Crippen LogP contribution in [-0.2, 0) is 25.6 Å². The van der Waals surface area contributed by atoms with E-state index in [2.05, 4.69) is 50.4 Å². The van der Waals surface area contributed by atoms with Gasteiger partial charge in [-0.25, -0.2) is 0 Å². The van der Waals surface area contributed by atoms with Gasteiger partial charge in [-0.1, -0.05) is 0 Å². The molecule has 2 fully saturated rings. The summed E-state index contributed by atoms with van der Waals surface area (Å²) in [5.41, 5.74) is 3.26. The van der Waals surface area contributed by atoms with E-state index in [1.165, 1.54) is 56.9 Å². The molecule has 1 aromatic rings. The van der Waals surface area contributed by atoms with Crippen molar-refractivity contribution in [3.8, 4) is 0 Å². The van der Waals surface area contributed by atoms with Crippen molar-refractivity contribution in [3.05, 3.63) is 29.8 Å². The van der Waals surface area contributed by atoms with E-state index in [9.17, 15) is 0 Å². The van der Waals surface area contributed by atoms with Crippen LogP contribution in [0.2, 0.25) is 0 Å².